The summed E-state index contributed by atoms with van der Waals surface area (Å²) >= 11 is 5.91. The van der Waals surface area contributed by atoms with Gasteiger partial charge in [-0.1, -0.05) is 23.7 Å². The van der Waals surface area contributed by atoms with Crippen molar-refractivity contribution in [2.45, 2.75) is 12.6 Å². The third-order valence-corrected chi connectivity index (χ3v) is 4.41. The summed E-state index contributed by atoms with van der Waals surface area (Å²) in [5.41, 5.74) is 2.28. The molecule has 4 rings (SSSR count). The number of aromatic nitrogens is 2. The molecule has 1 unspecified atom stereocenters. The number of hydrogen-bond acceptors (Lipinski definition) is 3. The fourth-order valence-electron chi connectivity index (χ4n) is 3.00. The van der Waals surface area contributed by atoms with Gasteiger partial charge in [0.2, 0.25) is 0 Å². The first-order valence-electron chi connectivity index (χ1n) is 7.75. The van der Waals surface area contributed by atoms with Crippen LogP contribution in [0.4, 0.5) is 4.39 Å². The van der Waals surface area contributed by atoms with Crippen LogP contribution in [0.25, 0.3) is 22.5 Å². The molecule has 1 aliphatic carbocycles. The summed E-state index contributed by atoms with van der Waals surface area (Å²) in [7, 11) is 0. The lowest BCUT2D eigenvalue weighted by molar-refractivity contribution is 0.318. The molecule has 1 atom stereocenters. The minimum atomic E-state index is -1.20. The first-order valence-corrected chi connectivity index (χ1v) is 8.13. The van der Waals surface area contributed by atoms with Crippen LogP contribution >= 0.6 is 11.6 Å². The molecule has 3 aromatic rings. The third kappa shape index (κ3) is 2.66. The summed E-state index contributed by atoms with van der Waals surface area (Å²) in [6.07, 6.45) is 3.50. The highest BCUT2D eigenvalue weighted by molar-refractivity contribution is 6.30. The molecule has 2 N–H and O–H groups in total. The molecule has 0 radical (unpaired) electrons. The van der Waals surface area contributed by atoms with Crippen molar-refractivity contribution in [1.29, 1.82) is 0 Å². The number of rotatable bonds is 2. The second-order valence-electron chi connectivity index (χ2n) is 5.84. The molecule has 0 saturated heterocycles. The van der Waals surface area contributed by atoms with E-state index in [2.05, 4.69) is 4.98 Å². The Morgan fingerprint density at radius 2 is 2.04 bits per heavy atom. The molecule has 0 spiro atoms. The molecular weight excluding hydrogens is 343 g/mol. The largest absolute Gasteiger partial charge is 0.511 e. The number of allylic oxidation sites excluding steroid dienone is 4. The number of pyridine rings is 1. The van der Waals surface area contributed by atoms with Crippen molar-refractivity contribution in [3.05, 3.63) is 71.2 Å². The van der Waals surface area contributed by atoms with Crippen molar-refractivity contribution < 1.29 is 14.6 Å². The Balaban J connectivity index is 1.97. The molecule has 126 valence electrons. The van der Waals surface area contributed by atoms with Gasteiger partial charge < -0.3 is 10.2 Å². The van der Waals surface area contributed by atoms with E-state index in [9.17, 15) is 14.6 Å². The highest BCUT2D eigenvalue weighted by Gasteiger charge is 2.22. The van der Waals surface area contributed by atoms with Gasteiger partial charge in [0.25, 0.3) is 0 Å². The van der Waals surface area contributed by atoms with Crippen LogP contribution in [-0.4, -0.2) is 25.8 Å². The zero-order valence-electron chi connectivity index (χ0n) is 13.0. The maximum Gasteiger partial charge on any atom is 0.149 e. The first-order chi connectivity index (χ1) is 12.0. The van der Waals surface area contributed by atoms with Gasteiger partial charge >= 0.3 is 0 Å². The van der Waals surface area contributed by atoms with E-state index in [1.807, 2.05) is 28.8 Å². The Morgan fingerprint density at radius 3 is 2.80 bits per heavy atom. The van der Waals surface area contributed by atoms with Gasteiger partial charge in [0.1, 0.15) is 29.2 Å². The van der Waals surface area contributed by atoms with Gasteiger partial charge in [0.15, 0.2) is 0 Å². The predicted octanol–water partition coefficient (Wildman–Crippen LogP) is 4.93. The molecule has 0 saturated carbocycles. The van der Waals surface area contributed by atoms with Crippen molar-refractivity contribution in [2.75, 3.05) is 0 Å². The summed E-state index contributed by atoms with van der Waals surface area (Å²) in [6.45, 7) is 0. The van der Waals surface area contributed by atoms with E-state index in [1.165, 1.54) is 12.1 Å². The number of nitrogens with zero attached hydrogens (tertiary/aromatic N) is 2. The number of fused-ring (bicyclic) bond motifs is 1. The van der Waals surface area contributed by atoms with Crippen LogP contribution < -0.4 is 0 Å². The van der Waals surface area contributed by atoms with E-state index in [0.29, 0.717) is 27.7 Å². The lowest BCUT2D eigenvalue weighted by Crippen LogP contribution is -2.05. The Morgan fingerprint density at radius 1 is 1.20 bits per heavy atom. The van der Waals surface area contributed by atoms with Crippen LogP contribution in [-0.2, 0) is 0 Å². The first kappa shape index (κ1) is 15.7. The standard InChI is InChI=1S/C19H14ClFN2O2/c20-11-4-6-14(16(24)9-11)19-22-18(15-3-1-2-8-23(15)19)13-7-5-12(21)10-17(13)25/h1-9,12,24-25H,10H2. The van der Waals surface area contributed by atoms with Gasteiger partial charge in [0, 0.05) is 23.2 Å². The number of halogens is 2. The zero-order chi connectivity index (χ0) is 17.6. The smallest absolute Gasteiger partial charge is 0.149 e. The number of alkyl halides is 1. The number of phenols is 1. The summed E-state index contributed by atoms with van der Waals surface area (Å²) in [5, 5.41) is 20.9. The molecule has 0 aliphatic heterocycles. The molecule has 0 amide bonds. The Labute approximate surface area is 148 Å². The van der Waals surface area contributed by atoms with E-state index in [4.69, 9.17) is 11.6 Å². The van der Waals surface area contributed by atoms with Crippen LogP contribution in [0.1, 0.15) is 12.1 Å². The second kappa shape index (κ2) is 5.93. The van der Waals surface area contributed by atoms with E-state index in [0.717, 1.165) is 5.52 Å². The number of aliphatic hydroxyl groups excluding tert-OH is 1. The monoisotopic (exact) mass is 356 g/mol. The third-order valence-electron chi connectivity index (χ3n) is 4.18. The molecule has 25 heavy (non-hydrogen) atoms. The van der Waals surface area contributed by atoms with Crippen molar-refractivity contribution in [1.82, 2.24) is 9.38 Å². The van der Waals surface area contributed by atoms with Crippen LogP contribution in [0.3, 0.4) is 0 Å². The minimum absolute atomic E-state index is 0.0102. The van der Waals surface area contributed by atoms with E-state index < -0.39 is 6.17 Å². The minimum Gasteiger partial charge on any atom is -0.511 e. The molecule has 0 fully saturated rings. The second-order valence-corrected chi connectivity index (χ2v) is 6.28. The molecule has 0 bridgehead atoms. The average Bonchev–Trinajstić information content (AvgIpc) is 2.94. The Hall–Kier alpha value is -2.79. The fourth-order valence-corrected chi connectivity index (χ4v) is 3.16. The zero-order valence-corrected chi connectivity index (χ0v) is 13.8. The van der Waals surface area contributed by atoms with Gasteiger partial charge in [-0.05, 0) is 36.4 Å². The highest BCUT2D eigenvalue weighted by Crippen LogP contribution is 2.36. The summed E-state index contributed by atoms with van der Waals surface area (Å²) in [5.74, 6) is 0.484. The van der Waals surface area contributed by atoms with Crippen LogP contribution in [0.2, 0.25) is 5.02 Å². The van der Waals surface area contributed by atoms with E-state index in [-0.39, 0.29) is 17.9 Å². The number of aliphatic hydroxyl groups is 1. The topological polar surface area (TPSA) is 57.8 Å². The number of imidazole rings is 1. The van der Waals surface area contributed by atoms with Gasteiger partial charge in [0.05, 0.1) is 11.1 Å². The number of aromatic hydroxyl groups is 1. The molecule has 6 heteroatoms. The molecule has 1 aliphatic rings. The molecule has 4 nitrogen and oxygen atoms in total. The average molecular weight is 357 g/mol. The Kier molecular flexibility index (Phi) is 3.73. The highest BCUT2D eigenvalue weighted by atomic mass is 35.5. The number of benzene rings is 1. The van der Waals surface area contributed by atoms with Crippen LogP contribution in [0, 0.1) is 0 Å². The van der Waals surface area contributed by atoms with E-state index >= 15 is 0 Å². The van der Waals surface area contributed by atoms with Gasteiger partial charge in [-0.2, -0.15) is 0 Å². The van der Waals surface area contributed by atoms with Crippen molar-refractivity contribution >= 4 is 22.7 Å². The van der Waals surface area contributed by atoms with Crippen molar-refractivity contribution in [2.24, 2.45) is 0 Å². The van der Waals surface area contributed by atoms with Crippen molar-refractivity contribution in [3.8, 4) is 17.1 Å². The molecule has 2 aromatic heterocycles. The van der Waals surface area contributed by atoms with Crippen molar-refractivity contribution in [3.63, 3.8) is 0 Å². The fraction of sp³-hybridized carbons (Fsp3) is 0.105. The maximum absolute atomic E-state index is 13.4. The summed E-state index contributed by atoms with van der Waals surface area (Å²) in [4.78, 5) is 4.62. The molecule has 1 aromatic carbocycles. The SMILES string of the molecule is OC1=C(c2nc(-c3ccc(Cl)cc3O)n3ccccc23)C=CC(F)C1. The lowest BCUT2D eigenvalue weighted by atomic mass is 10.0. The summed E-state index contributed by atoms with van der Waals surface area (Å²) < 4.78 is 15.3. The lowest BCUT2D eigenvalue weighted by Gasteiger charge is -2.12. The molecule has 2 heterocycles. The number of hydrogen-bond donors (Lipinski definition) is 2. The van der Waals surface area contributed by atoms with Gasteiger partial charge in [-0.15, -0.1) is 0 Å². The van der Waals surface area contributed by atoms with Crippen LogP contribution in [0.15, 0.2) is 60.5 Å². The predicted molar refractivity (Wildman–Crippen MR) is 95.5 cm³/mol. The molecular formula is C19H14ClFN2O2. The Bertz CT molecular complexity index is 1040. The van der Waals surface area contributed by atoms with E-state index in [1.54, 1.807) is 18.2 Å². The van der Waals surface area contributed by atoms with Gasteiger partial charge in [-0.3, -0.25) is 4.40 Å². The maximum atomic E-state index is 13.4. The van der Waals surface area contributed by atoms with Gasteiger partial charge in [-0.25, -0.2) is 9.37 Å². The normalized spacial score (nSPS) is 17.4. The summed E-state index contributed by atoms with van der Waals surface area (Å²) in [6, 6.07) is 10.4. The van der Waals surface area contributed by atoms with Crippen LogP contribution in [0.5, 0.6) is 5.75 Å². The quantitative estimate of drug-likeness (QED) is 0.684. The number of phenolic OH excluding ortho intramolecular Hbond substituents is 1.